The molecular formula is C11H14N2OS. The lowest BCUT2D eigenvalue weighted by atomic mass is 10.2. The number of hydrogen-bond acceptors (Lipinski definition) is 4. The van der Waals surface area contributed by atoms with Crippen molar-refractivity contribution < 1.29 is 5.11 Å². The maximum atomic E-state index is 7.57. The molecule has 3 N–H and O–H groups in total. The first-order valence-electron chi connectivity index (χ1n) is 4.64. The van der Waals surface area contributed by atoms with Gasteiger partial charge in [-0.3, -0.25) is 0 Å². The lowest BCUT2D eigenvalue weighted by molar-refractivity contribution is 0.318. The van der Waals surface area contributed by atoms with E-state index < -0.39 is 0 Å². The molecular weight excluding hydrogens is 208 g/mol. The summed E-state index contributed by atoms with van der Waals surface area (Å²) in [5.74, 6) is 0. The summed E-state index contributed by atoms with van der Waals surface area (Å²) in [7, 11) is 0. The van der Waals surface area contributed by atoms with E-state index in [0.29, 0.717) is 0 Å². The minimum Gasteiger partial charge on any atom is -0.399 e. The molecule has 0 aliphatic rings. The van der Waals surface area contributed by atoms with E-state index in [2.05, 4.69) is 4.98 Å². The molecule has 15 heavy (non-hydrogen) atoms. The Bertz CT molecular complexity index is 387. The summed E-state index contributed by atoms with van der Waals surface area (Å²) < 4.78 is 0. The number of aliphatic hydroxyl groups is 1. The van der Waals surface area contributed by atoms with Crippen LogP contribution in [0.25, 0.3) is 10.6 Å². The fraction of sp³-hybridized carbons (Fsp3) is 0.182. The van der Waals surface area contributed by atoms with Crippen molar-refractivity contribution >= 4 is 17.0 Å². The topological polar surface area (TPSA) is 59.1 Å². The lowest BCUT2D eigenvalue weighted by Gasteiger charge is -1.96. The summed E-state index contributed by atoms with van der Waals surface area (Å²) in [4.78, 5) is 4.19. The van der Waals surface area contributed by atoms with Gasteiger partial charge in [-0.05, 0) is 19.1 Å². The van der Waals surface area contributed by atoms with Crippen LogP contribution in [-0.4, -0.2) is 16.7 Å². The van der Waals surface area contributed by atoms with Gasteiger partial charge in [-0.25, -0.2) is 4.98 Å². The van der Waals surface area contributed by atoms with Crippen LogP contribution >= 0.6 is 11.3 Å². The smallest absolute Gasteiger partial charge is 0.123 e. The fourth-order valence-electron chi connectivity index (χ4n) is 1.04. The average Bonchev–Trinajstić information content (AvgIpc) is 2.71. The first-order chi connectivity index (χ1) is 7.27. The third kappa shape index (κ3) is 3.69. The molecule has 0 radical (unpaired) electrons. The summed E-state index contributed by atoms with van der Waals surface area (Å²) in [6, 6.07) is 7.75. The molecule has 1 aromatic carbocycles. The highest BCUT2D eigenvalue weighted by Gasteiger charge is 1.98. The molecule has 0 unspecified atom stereocenters. The van der Waals surface area contributed by atoms with Crippen molar-refractivity contribution in [3.8, 4) is 10.6 Å². The normalized spacial score (nSPS) is 9.20. The monoisotopic (exact) mass is 222 g/mol. The van der Waals surface area contributed by atoms with Crippen molar-refractivity contribution in [2.45, 2.75) is 6.92 Å². The van der Waals surface area contributed by atoms with E-state index in [-0.39, 0.29) is 6.61 Å². The summed E-state index contributed by atoms with van der Waals surface area (Å²) in [6.45, 7) is 1.93. The second kappa shape index (κ2) is 6.16. The van der Waals surface area contributed by atoms with Crippen LogP contribution in [0.5, 0.6) is 0 Å². The second-order valence-electron chi connectivity index (χ2n) is 2.78. The van der Waals surface area contributed by atoms with Crippen LogP contribution in [0.3, 0.4) is 0 Å². The van der Waals surface area contributed by atoms with Gasteiger partial charge in [-0.1, -0.05) is 12.1 Å². The third-order valence-electron chi connectivity index (χ3n) is 1.57. The number of nitrogens with two attached hydrogens (primary N) is 1. The summed E-state index contributed by atoms with van der Waals surface area (Å²) >= 11 is 1.62. The number of rotatable bonds is 1. The third-order valence-corrected chi connectivity index (χ3v) is 2.39. The molecule has 0 saturated heterocycles. The van der Waals surface area contributed by atoms with Crippen LogP contribution in [0, 0.1) is 0 Å². The first kappa shape index (κ1) is 11.7. The lowest BCUT2D eigenvalue weighted by Crippen LogP contribution is -1.84. The van der Waals surface area contributed by atoms with E-state index in [1.165, 1.54) is 0 Å². The van der Waals surface area contributed by atoms with Crippen LogP contribution in [-0.2, 0) is 0 Å². The molecule has 0 aliphatic heterocycles. The SMILES string of the molecule is CCO.Nc1cccc(-c2nccs2)c1. The van der Waals surface area contributed by atoms with Crippen molar-refractivity contribution in [3.63, 3.8) is 0 Å². The van der Waals surface area contributed by atoms with Gasteiger partial charge in [0, 0.05) is 29.4 Å². The van der Waals surface area contributed by atoms with Crippen LogP contribution < -0.4 is 5.73 Å². The largest absolute Gasteiger partial charge is 0.399 e. The van der Waals surface area contributed by atoms with Gasteiger partial charge in [0.15, 0.2) is 0 Å². The molecule has 0 amide bonds. The quantitative estimate of drug-likeness (QED) is 0.728. The number of aliphatic hydroxyl groups excluding tert-OH is 1. The van der Waals surface area contributed by atoms with Gasteiger partial charge in [0.1, 0.15) is 5.01 Å². The Morgan fingerprint density at radius 1 is 1.47 bits per heavy atom. The van der Waals surface area contributed by atoms with Crippen molar-refractivity contribution in [3.05, 3.63) is 35.8 Å². The Morgan fingerprint density at radius 2 is 2.20 bits per heavy atom. The standard InChI is InChI=1S/C9H8N2S.C2H6O/c10-8-3-1-2-7(6-8)9-11-4-5-12-9;1-2-3/h1-6H,10H2;3H,2H2,1H3. The predicted octanol–water partition coefficient (Wildman–Crippen LogP) is 2.39. The molecule has 0 aliphatic carbocycles. The summed E-state index contributed by atoms with van der Waals surface area (Å²) in [6.07, 6.45) is 1.79. The molecule has 4 heteroatoms. The number of nitrogen functional groups attached to an aromatic ring is 1. The van der Waals surface area contributed by atoms with Crippen molar-refractivity contribution in [1.29, 1.82) is 0 Å². The highest BCUT2D eigenvalue weighted by molar-refractivity contribution is 7.13. The fourth-order valence-corrected chi connectivity index (χ4v) is 1.67. The number of benzene rings is 1. The molecule has 80 valence electrons. The van der Waals surface area contributed by atoms with Crippen molar-refractivity contribution in [1.82, 2.24) is 4.98 Å². The Morgan fingerprint density at radius 3 is 2.73 bits per heavy atom. The van der Waals surface area contributed by atoms with Gasteiger partial charge >= 0.3 is 0 Å². The zero-order chi connectivity index (χ0) is 11.1. The maximum Gasteiger partial charge on any atom is 0.123 e. The minimum atomic E-state index is 0.250. The van der Waals surface area contributed by atoms with E-state index in [0.717, 1.165) is 16.3 Å². The Balaban J connectivity index is 0.000000337. The summed E-state index contributed by atoms with van der Waals surface area (Å²) in [5, 5.41) is 10.5. The van der Waals surface area contributed by atoms with E-state index in [9.17, 15) is 0 Å². The number of aromatic nitrogens is 1. The van der Waals surface area contributed by atoms with Crippen LogP contribution in [0.1, 0.15) is 6.92 Å². The Labute approximate surface area is 93.2 Å². The van der Waals surface area contributed by atoms with Gasteiger partial charge in [-0.15, -0.1) is 11.3 Å². The zero-order valence-electron chi connectivity index (χ0n) is 8.55. The number of anilines is 1. The van der Waals surface area contributed by atoms with Crippen LogP contribution in [0.4, 0.5) is 5.69 Å². The predicted molar refractivity (Wildman–Crippen MR) is 64.7 cm³/mol. The molecule has 1 heterocycles. The average molecular weight is 222 g/mol. The molecule has 3 nitrogen and oxygen atoms in total. The van der Waals surface area contributed by atoms with Crippen LogP contribution in [0.15, 0.2) is 35.8 Å². The molecule has 0 spiro atoms. The number of thiazole rings is 1. The van der Waals surface area contributed by atoms with E-state index in [4.69, 9.17) is 10.8 Å². The van der Waals surface area contributed by atoms with Gasteiger partial charge < -0.3 is 10.8 Å². The van der Waals surface area contributed by atoms with Gasteiger partial charge in [0.25, 0.3) is 0 Å². The molecule has 0 bridgehead atoms. The van der Waals surface area contributed by atoms with Gasteiger partial charge in [0.05, 0.1) is 0 Å². The van der Waals surface area contributed by atoms with Gasteiger partial charge in [-0.2, -0.15) is 0 Å². The van der Waals surface area contributed by atoms with Crippen molar-refractivity contribution in [2.24, 2.45) is 0 Å². The molecule has 0 fully saturated rings. The Kier molecular flexibility index (Phi) is 4.80. The molecule has 2 rings (SSSR count). The van der Waals surface area contributed by atoms with Gasteiger partial charge in [0.2, 0.25) is 0 Å². The zero-order valence-corrected chi connectivity index (χ0v) is 9.37. The molecule has 2 aromatic rings. The highest BCUT2D eigenvalue weighted by Crippen LogP contribution is 2.22. The Hall–Kier alpha value is -1.39. The molecule has 0 atom stereocenters. The number of hydrogen-bond donors (Lipinski definition) is 2. The number of nitrogens with zero attached hydrogens (tertiary/aromatic N) is 1. The van der Waals surface area contributed by atoms with E-state index in [1.807, 2.05) is 29.6 Å². The summed E-state index contributed by atoms with van der Waals surface area (Å²) in [5.41, 5.74) is 7.51. The van der Waals surface area contributed by atoms with E-state index >= 15 is 0 Å². The highest BCUT2D eigenvalue weighted by atomic mass is 32.1. The van der Waals surface area contributed by atoms with Crippen LogP contribution in [0.2, 0.25) is 0 Å². The van der Waals surface area contributed by atoms with Crippen molar-refractivity contribution in [2.75, 3.05) is 12.3 Å². The molecule has 1 aromatic heterocycles. The molecule has 0 saturated carbocycles. The van der Waals surface area contributed by atoms with E-state index in [1.54, 1.807) is 24.5 Å². The second-order valence-corrected chi connectivity index (χ2v) is 3.67. The first-order valence-corrected chi connectivity index (χ1v) is 5.52. The maximum absolute atomic E-state index is 7.57. The minimum absolute atomic E-state index is 0.250.